The topological polar surface area (TPSA) is 100.0 Å². The summed E-state index contributed by atoms with van der Waals surface area (Å²) in [5.74, 6) is 0.222. The van der Waals surface area contributed by atoms with Gasteiger partial charge in [-0.25, -0.2) is 18.2 Å². The number of ether oxygens (including phenoxy) is 3. The van der Waals surface area contributed by atoms with Gasteiger partial charge in [0.2, 0.25) is 10.0 Å². The van der Waals surface area contributed by atoms with E-state index in [1.807, 2.05) is 24.3 Å². The summed E-state index contributed by atoms with van der Waals surface area (Å²) in [6.45, 7) is 2.89. The van der Waals surface area contributed by atoms with Gasteiger partial charge in [0.05, 0.1) is 54.5 Å². The van der Waals surface area contributed by atoms with Gasteiger partial charge in [-0.15, -0.1) is 0 Å². The normalized spacial score (nSPS) is 19.1. The number of morpholine rings is 1. The molecular weight excluding hydrogens is 502 g/mol. The monoisotopic (exact) mass is 531 g/mol. The Hall–Kier alpha value is -2.44. The quantitative estimate of drug-likeness (QED) is 0.322. The van der Waals surface area contributed by atoms with Crippen LogP contribution in [-0.4, -0.2) is 74.4 Å². The molecule has 9 nitrogen and oxygen atoms in total. The number of carbonyl (C=O) groups excluding carboxylic acids is 1. The lowest BCUT2D eigenvalue weighted by atomic mass is 10.1. The maximum absolute atomic E-state index is 13.2. The van der Waals surface area contributed by atoms with Crippen LogP contribution < -0.4 is 0 Å². The summed E-state index contributed by atoms with van der Waals surface area (Å²) in [5.41, 5.74) is 2.97. The first-order valence-electron chi connectivity index (χ1n) is 12.0. The average molecular weight is 532 g/mol. The molecule has 0 radical (unpaired) electrons. The van der Waals surface area contributed by atoms with Crippen LogP contribution in [0.3, 0.4) is 0 Å². The Balaban J connectivity index is 1.45. The number of hydrogen-bond acceptors (Lipinski definition) is 8. The van der Waals surface area contributed by atoms with Crippen LogP contribution in [0, 0.1) is 0 Å². The van der Waals surface area contributed by atoms with Crippen molar-refractivity contribution >= 4 is 38.8 Å². The van der Waals surface area contributed by atoms with Crippen molar-refractivity contribution in [2.75, 3.05) is 40.0 Å². The molecule has 1 aromatic heterocycles. The Morgan fingerprint density at radius 2 is 2.00 bits per heavy atom. The number of hydrogen-bond donors (Lipinski definition) is 0. The van der Waals surface area contributed by atoms with Crippen molar-refractivity contribution < 1.29 is 27.4 Å². The van der Waals surface area contributed by atoms with Gasteiger partial charge in [0.15, 0.2) is 5.16 Å². The first-order chi connectivity index (χ1) is 17.5. The number of sulfonamides is 1. The van der Waals surface area contributed by atoms with E-state index in [2.05, 4.69) is 4.57 Å². The molecule has 2 fully saturated rings. The minimum Gasteiger partial charge on any atom is -0.465 e. The van der Waals surface area contributed by atoms with E-state index in [4.69, 9.17) is 19.2 Å². The Morgan fingerprint density at radius 1 is 1.17 bits per heavy atom. The summed E-state index contributed by atoms with van der Waals surface area (Å²) in [6, 6.07) is 12.5. The third-order valence-electron chi connectivity index (χ3n) is 6.42. The molecule has 5 rings (SSSR count). The SMILES string of the molecule is COC(=O)c1cccc(CSc2nc3cc(S(=O)(=O)N4CCOCC4)ccc3n2C[C@@H]2CCCO2)c1. The third-order valence-corrected chi connectivity index (χ3v) is 9.36. The van der Waals surface area contributed by atoms with Crippen LogP contribution in [0.15, 0.2) is 52.5 Å². The first kappa shape index (κ1) is 25.2. The molecule has 11 heteroatoms. The van der Waals surface area contributed by atoms with Gasteiger partial charge in [0.25, 0.3) is 0 Å². The van der Waals surface area contributed by atoms with Crippen LogP contribution in [0.25, 0.3) is 11.0 Å². The Labute approximate surface area is 214 Å². The summed E-state index contributed by atoms with van der Waals surface area (Å²) >= 11 is 1.55. The lowest BCUT2D eigenvalue weighted by Crippen LogP contribution is -2.40. The smallest absolute Gasteiger partial charge is 0.337 e. The predicted molar refractivity (Wildman–Crippen MR) is 136 cm³/mol. The van der Waals surface area contributed by atoms with Gasteiger partial charge < -0.3 is 18.8 Å². The fourth-order valence-corrected chi connectivity index (χ4v) is 6.91. The van der Waals surface area contributed by atoms with Crippen molar-refractivity contribution in [2.45, 2.75) is 41.3 Å². The Bertz CT molecular complexity index is 1350. The van der Waals surface area contributed by atoms with Crippen LogP contribution in [0.2, 0.25) is 0 Å². The molecule has 0 spiro atoms. The number of methoxy groups -OCH3 is 1. The number of carbonyl (C=O) groups is 1. The zero-order valence-electron chi connectivity index (χ0n) is 20.1. The zero-order chi connectivity index (χ0) is 25.1. The van der Waals surface area contributed by atoms with Crippen molar-refractivity contribution in [3.05, 3.63) is 53.6 Å². The molecular formula is C25H29N3O6S2. The number of benzene rings is 2. The molecule has 3 aromatic rings. The summed E-state index contributed by atoms with van der Waals surface area (Å²) in [4.78, 5) is 17.0. The highest BCUT2D eigenvalue weighted by Crippen LogP contribution is 2.31. The highest BCUT2D eigenvalue weighted by molar-refractivity contribution is 7.98. The average Bonchev–Trinajstić information content (AvgIpc) is 3.55. The Kier molecular flexibility index (Phi) is 7.63. The van der Waals surface area contributed by atoms with Crippen LogP contribution in [0.1, 0.15) is 28.8 Å². The molecule has 0 unspecified atom stereocenters. The van der Waals surface area contributed by atoms with E-state index < -0.39 is 10.0 Å². The zero-order valence-corrected chi connectivity index (χ0v) is 21.7. The predicted octanol–water partition coefficient (Wildman–Crippen LogP) is 3.32. The number of aromatic nitrogens is 2. The lowest BCUT2D eigenvalue weighted by molar-refractivity contribution is 0.0600. The molecule has 0 amide bonds. The minimum atomic E-state index is -3.62. The van der Waals surface area contributed by atoms with E-state index in [1.54, 1.807) is 30.0 Å². The van der Waals surface area contributed by atoms with Crippen LogP contribution >= 0.6 is 11.8 Å². The fourth-order valence-electron chi connectivity index (χ4n) is 4.52. The number of rotatable bonds is 8. The second-order valence-corrected chi connectivity index (χ2v) is 11.7. The van der Waals surface area contributed by atoms with Crippen molar-refractivity contribution in [1.82, 2.24) is 13.9 Å². The van der Waals surface area contributed by atoms with Gasteiger partial charge in [0, 0.05) is 25.4 Å². The van der Waals surface area contributed by atoms with Gasteiger partial charge in [0.1, 0.15) is 0 Å². The van der Waals surface area contributed by atoms with Gasteiger partial charge in [-0.3, -0.25) is 0 Å². The standard InChI is InChI=1S/C25H29N3O6S2/c1-32-24(29)19-5-2-4-18(14-19)17-35-25-26-22-15-21(36(30,31)27-9-12-33-13-10-27)7-8-23(22)28(25)16-20-6-3-11-34-20/h2,4-5,7-8,14-15,20H,3,6,9-13,16-17H2,1H3/t20-/m0/s1. The van der Waals surface area contributed by atoms with Gasteiger partial charge in [-0.2, -0.15) is 4.31 Å². The molecule has 1 atom stereocenters. The van der Waals surface area contributed by atoms with Gasteiger partial charge in [-0.1, -0.05) is 23.9 Å². The number of fused-ring (bicyclic) bond motifs is 1. The van der Waals surface area contributed by atoms with E-state index in [9.17, 15) is 13.2 Å². The third kappa shape index (κ3) is 5.30. The largest absolute Gasteiger partial charge is 0.465 e. The van der Waals surface area contributed by atoms with E-state index in [0.29, 0.717) is 49.7 Å². The van der Waals surface area contributed by atoms with Crippen molar-refractivity contribution in [3.8, 4) is 0 Å². The second kappa shape index (κ2) is 10.9. The molecule has 3 heterocycles. The van der Waals surface area contributed by atoms with Crippen LogP contribution in [0.5, 0.6) is 0 Å². The number of imidazole rings is 1. The second-order valence-electron chi connectivity index (χ2n) is 8.79. The van der Waals surface area contributed by atoms with E-state index in [1.165, 1.54) is 11.4 Å². The molecule has 0 bridgehead atoms. The van der Waals surface area contributed by atoms with Crippen molar-refractivity contribution in [1.29, 1.82) is 0 Å². The van der Waals surface area contributed by atoms with Crippen LogP contribution in [-0.2, 0) is 36.5 Å². The number of thioether (sulfide) groups is 1. The fraction of sp³-hybridized carbons (Fsp3) is 0.440. The molecule has 0 saturated carbocycles. The van der Waals surface area contributed by atoms with Crippen molar-refractivity contribution in [2.24, 2.45) is 0 Å². The summed E-state index contributed by atoms with van der Waals surface area (Å²) in [6.07, 6.45) is 2.11. The highest BCUT2D eigenvalue weighted by atomic mass is 32.2. The summed E-state index contributed by atoms with van der Waals surface area (Å²) in [5, 5.41) is 0.782. The molecule has 2 aliphatic rings. The molecule has 0 aliphatic carbocycles. The maximum atomic E-state index is 13.2. The maximum Gasteiger partial charge on any atom is 0.337 e. The molecule has 2 saturated heterocycles. The lowest BCUT2D eigenvalue weighted by Gasteiger charge is -2.26. The molecule has 192 valence electrons. The summed E-state index contributed by atoms with van der Waals surface area (Å²) in [7, 11) is -2.26. The van der Waals surface area contributed by atoms with E-state index in [-0.39, 0.29) is 17.0 Å². The molecule has 2 aromatic carbocycles. The van der Waals surface area contributed by atoms with Gasteiger partial charge >= 0.3 is 5.97 Å². The van der Waals surface area contributed by atoms with E-state index >= 15 is 0 Å². The summed E-state index contributed by atoms with van der Waals surface area (Å²) < 4.78 is 46.0. The molecule has 2 aliphatic heterocycles. The van der Waals surface area contributed by atoms with E-state index in [0.717, 1.165) is 35.7 Å². The first-order valence-corrected chi connectivity index (χ1v) is 14.4. The molecule has 36 heavy (non-hydrogen) atoms. The van der Waals surface area contributed by atoms with Crippen LogP contribution in [0.4, 0.5) is 0 Å². The van der Waals surface area contributed by atoms with Crippen molar-refractivity contribution in [3.63, 3.8) is 0 Å². The number of nitrogens with zero attached hydrogens (tertiary/aromatic N) is 3. The molecule has 0 N–H and O–H groups in total. The minimum absolute atomic E-state index is 0.0983. The van der Waals surface area contributed by atoms with Gasteiger partial charge in [-0.05, 0) is 48.7 Å². The Morgan fingerprint density at radius 3 is 2.75 bits per heavy atom. The highest BCUT2D eigenvalue weighted by Gasteiger charge is 2.28. The number of esters is 1.